The highest BCUT2D eigenvalue weighted by atomic mass is 16.3. The molecule has 3 heterocycles. The number of hydrogen-bond acceptors (Lipinski definition) is 6. The highest BCUT2D eigenvalue weighted by Gasteiger charge is 2.11. The minimum Gasteiger partial charge on any atom is -0.463 e. The van der Waals surface area contributed by atoms with Crippen molar-refractivity contribution in [3.63, 3.8) is 0 Å². The van der Waals surface area contributed by atoms with Crippen molar-refractivity contribution in [2.75, 3.05) is 11.9 Å². The molecule has 0 fully saturated rings. The lowest BCUT2D eigenvalue weighted by Crippen LogP contribution is -2.13. The molecule has 4 aromatic rings. The van der Waals surface area contributed by atoms with Crippen molar-refractivity contribution in [1.82, 2.24) is 19.7 Å². The largest absolute Gasteiger partial charge is 0.463 e. The van der Waals surface area contributed by atoms with Gasteiger partial charge in [0, 0.05) is 12.1 Å². The molecule has 0 bridgehead atoms. The number of nitrogens with two attached hydrogens (primary N) is 1. The fourth-order valence-corrected chi connectivity index (χ4v) is 2.79. The highest BCUT2D eigenvalue weighted by molar-refractivity contribution is 6.05. The summed E-state index contributed by atoms with van der Waals surface area (Å²) in [4.78, 5) is 16.9. The lowest BCUT2D eigenvalue weighted by Gasteiger charge is -2.06. The van der Waals surface area contributed by atoms with E-state index >= 15 is 0 Å². The van der Waals surface area contributed by atoms with Gasteiger partial charge in [-0.15, -0.1) is 10.2 Å². The molecule has 4 rings (SSSR count). The van der Waals surface area contributed by atoms with E-state index in [1.165, 1.54) is 0 Å². The van der Waals surface area contributed by atoms with Crippen molar-refractivity contribution in [2.45, 2.75) is 13.0 Å². The summed E-state index contributed by atoms with van der Waals surface area (Å²) < 4.78 is 7.30. The molecule has 0 aliphatic carbocycles. The number of benzene rings is 1. The average Bonchev–Trinajstić information content (AvgIpc) is 3.36. The maximum absolute atomic E-state index is 12.5. The topological polar surface area (TPSA) is 112 Å². The Hall–Kier alpha value is -3.52. The zero-order valence-corrected chi connectivity index (χ0v) is 14.5. The van der Waals surface area contributed by atoms with Crippen LogP contribution in [0.2, 0.25) is 0 Å². The van der Waals surface area contributed by atoms with Crippen molar-refractivity contribution >= 4 is 22.8 Å². The molecule has 8 heteroatoms. The number of anilines is 1. The van der Waals surface area contributed by atoms with Gasteiger partial charge in [0.15, 0.2) is 11.6 Å². The number of fused-ring (bicyclic) bond motifs is 1. The number of amides is 1. The third-order valence-corrected chi connectivity index (χ3v) is 4.17. The Balaban J connectivity index is 1.49. The summed E-state index contributed by atoms with van der Waals surface area (Å²) in [7, 11) is 0. The molecular formula is C19H18N6O2. The first-order chi connectivity index (χ1) is 13.2. The summed E-state index contributed by atoms with van der Waals surface area (Å²) in [6.45, 7) is 1.43. The van der Waals surface area contributed by atoms with Crippen molar-refractivity contribution in [2.24, 2.45) is 5.73 Å². The number of rotatable bonds is 6. The van der Waals surface area contributed by atoms with E-state index < -0.39 is 0 Å². The van der Waals surface area contributed by atoms with Crippen LogP contribution in [0.15, 0.2) is 59.5 Å². The monoisotopic (exact) mass is 362 g/mol. The van der Waals surface area contributed by atoms with Crippen LogP contribution in [-0.4, -0.2) is 32.2 Å². The zero-order chi connectivity index (χ0) is 18.6. The standard InChI is InChI=1S/C19H18N6O2/c20-8-2-9-25-12-21-15-11-13(4-6-16(15)25)19(26)22-18-7-5-14(23-24-18)17-3-1-10-27-17/h1,3-7,10-12H,2,8-9,20H2,(H,22,24,26). The molecule has 0 spiro atoms. The van der Waals surface area contributed by atoms with E-state index in [0.29, 0.717) is 29.4 Å². The SMILES string of the molecule is NCCCn1cnc2cc(C(=O)Nc3ccc(-c4ccco4)nn3)ccc21. The molecule has 0 saturated carbocycles. The summed E-state index contributed by atoms with van der Waals surface area (Å²) >= 11 is 0. The zero-order valence-electron chi connectivity index (χ0n) is 14.5. The predicted molar refractivity (Wildman–Crippen MR) is 101 cm³/mol. The van der Waals surface area contributed by atoms with Crippen LogP contribution in [0.25, 0.3) is 22.5 Å². The first-order valence-corrected chi connectivity index (χ1v) is 8.58. The van der Waals surface area contributed by atoms with Crippen LogP contribution in [-0.2, 0) is 6.54 Å². The molecule has 3 aromatic heterocycles. The third-order valence-electron chi connectivity index (χ3n) is 4.17. The van der Waals surface area contributed by atoms with E-state index in [2.05, 4.69) is 20.5 Å². The van der Waals surface area contributed by atoms with Gasteiger partial charge >= 0.3 is 0 Å². The number of aromatic nitrogens is 4. The summed E-state index contributed by atoms with van der Waals surface area (Å²) in [5.41, 5.74) is 8.40. The Morgan fingerprint density at radius 3 is 2.85 bits per heavy atom. The number of furan rings is 1. The Morgan fingerprint density at radius 2 is 2.11 bits per heavy atom. The minimum atomic E-state index is -0.270. The molecule has 0 radical (unpaired) electrons. The number of aryl methyl sites for hydroxylation is 1. The van der Waals surface area contributed by atoms with Gasteiger partial charge in [-0.05, 0) is 55.4 Å². The third kappa shape index (κ3) is 3.56. The van der Waals surface area contributed by atoms with Crippen molar-refractivity contribution < 1.29 is 9.21 Å². The number of carbonyl (C=O) groups is 1. The Labute approximate surface area is 155 Å². The predicted octanol–water partition coefficient (Wildman–Crippen LogP) is 2.69. The Bertz CT molecular complexity index is 1050. The molecule has 0 saturated heterocycles. The summed E-state index contributed by atoms with van der Waals surface area (Å²) in [5.74, 6) is 0.716. The minimum absolute atomic E-state index is 0.270. The van der Waals surface area contributed by atoms with Crippen molar-refractivity contribution in [1.29, 1.82) is 0 Å². The van der Waals surface area contributed by atoms with Crippen LogP contribution in [0.1, 0.15) is 16.8 Å². The van der Waals surface area contributed by atoms with E-state index in [4.69, 9.17) is 10.2 Å². The van der Waals surface area contributed by atoms with Crippen LogP contribution in [0.5, 0.6) is 0 Å². The van der Waals surface area contributed by atoms with Crippen LogP contribution in [0, 0.1) is 0 Å². The molecule has 1 aromatic carbocycles. The van der Waals surface area contributed by atoms with E-state index in [9.17, 15) is 4.79 Å². The molecule has 0 aliphatic heterocycles. The molecule has 1 amide bonds. The second kappa shape index (κ2) is 7.38. The van der Waals surface area contributed by atoms with Gasteiger partial charge in [0.25, 0.3) is 5.91 Å². The van der Waals surface area contributed by atoms with Crippen LogP contribution in [0.4, 0.5) is 5.82 Å². The van der Waals surface area contributed by atoms with Crippen LogP contribution in [0.3, 0.4) is 0 Å². The summed E-state index contributed by atoms with van der Waals surface area (Å²) in [6.07, 6.45) is 4.21. The molecule has 8 nitrogen and oxygen atoms in total. The van der Waals surface area contributed by atoms with Gasteiger partial charge in [0.05, 0.1) is 23.6 Å². The Kier molecular flexibility index (Phi) is 4.63. The van der Waals surface area contributed by atoms with Gasteiger partial charge in [0.2, 0.25) is 0 Å². The van der Waals surface area contributed by atoms with Crippen molar-refractivity contribution in [3.05, 3.63) is 60.6 Å². The molecular weight excluding hydrogens is 344 g/mol. The van der Waals surface area contributed by atoms with E-state index in [-0.39, 0.29) is 5.91 Å². The molecule has 0 aliphatic rings. The normalized spacial score (nSPS) is 11.0. The fourth-order valence-electron chi connectivity index (χ4n) is 2.79. The van der Waals surface area contributed by atoms with Crippen LogP contribution >= 0.6 is 0 Å². The quantitative estimate of drug-likeness (QED) is 0.545. The number of nitrogens with one attached hydrogen (secondary N) is 1. The van der Waals surface area contributed by atoms with Crippen LogP contribution < -0.4 is 11.1 Å². The average molecular weight is 362 g/mol. The van der Waals surface area contributed by atoms with E-state index in [0.717, 1.165) is 24.0 Å². The molecule has 27 heavy (non-hydrogen) atoms. The first kappa shape index (κ1) is 16.9. The lowest BCUT2D eigenvalue weighted by atomic mass is 10.2. The van der Waals surface area contributed by atoms with Gasteiger partial charge < -0.3 is 20.0 Å². The van der Waals surface area contributed by atoms with Gasteiger partial charge in [-0.1, -0.05) is 0 Å². The van der Waals surface area contributed by atoms with E-state index in [1.54, 1.807) is 49.0 Å². The maximum Gasteiger partial charge on any atom is 0.256 e. The molecule has 0 atom stereocenters. The lowest BCUT2D eigenvalue weighted by molar-refractivity contribution is 0.102. The van der Waals surface area contributed by atoms with Gasteiger partial charge in [-0.2, -0.15) is 0 Å². The Morgan fingerprint density at radius 1 is 1.19 bits per heavy atom. The second-order valence-electron chi connectivity index (χ2n) is 6.02. The highest BCUT2D eigenvalue weighted by Crippen LogP contribution is 2.19. The molecule has 0 unspecified atom stereocenters. The first-order valence-electron chi connectivity index (χ1n) is 8.58. The van der Waals surface area contributed by atoms with E-state index in [1.807, 2.05) is 10.6 Å². The maximum atomic E-state index is 12.5. The van der Waals surface area contributed by atoms with Gasteiger partial charge in [-0.25, -0.2) is 4.98 Å². The number of hydrogen-bond donors (Lipinski definition) is 2. The van der Waals surface area contributed by atoms with Gasteiger partial charge in [0.1, 0.15) is 5.69 Å². The summed E-state index contributed by atoms with van der Waals surface area (Å²) in [5, 5.41) is 10.8. The fraction of sp³-hybridized carbons (Fsp3) is 0.158. The number of carbonyl (C=O) groups excluding carboxylic acids is 1. The second-order valence-corrected chi connectivity index (χ2v) is 6.02. The molecule has 3 N–H and O–H groups in total. The van der Waals surface area contributed by atoms with Gasteiger partial charge in [-0.3, -0.25) is 4.79 Å². The number of imidazole rings is 1. The van der Waals surface area contributed by atoms with Crippen molar-refractivity contribution in [3.8, 4) is 11.5 Å². The smallest absolute Gasteiger partial charge is 0.256 e. The number of nitrogens with zero attached hydrogens (tertiary/aromatic N) is 4. The summed E-state index contributed by atoms with van der Waals surface area (Å²) in [6, 6.07) is 12.4. The molecule has 136 valence electrons.